The van der Waals surface area contributed by atoms with E-state index in [1.54, 1.807) is 0 Å². The van der Waals surface area contributed by atoms with E-state index in [0.29, 0.717) is 23.2 Å². The second-order valence-electron chi connectivity index (χ2n) is 5.16. The minimum atomic E-state index is -0.303. The van der Waals surface area contributed by atoms with Gasteiger partial charge in [-0.25, -0.2) is 9.97 Å². The number of thioether (sulfide) groups is 1. The SMILES string of the molecule is CCC(Sc1nc(N)cc(N)n1)C(=O)NC(C)c1ccccc1. The van der Waals surface area contributed by atoms with Gasteiger partial charge in [-0.2, -0.15) is 0 Å². The van der Waals surface area contributed by atoms with Crippen molar-refractivity contribution in [3.8, 4) is 0 Å². The van der Waals surface area contributed by atoms with E-state index < -0.39 is 0 Å². The van der Waals surface area contributed by atoms with Crippen LogP contribution in [0.5, 0.6) is 0 Å². The van der Waals surface area contributed by atoms with Crippen LogP contribution in [0.15, 0.2) is 41.6 Å². The topological polar surface area (TPSA) is 107 Å². The summed E-state index contributed by atoms with van der Waals surface area (Å²) in [6, 6.07) is 11.2. The van der Waals surface area contributed by atoms with Crippen molar-refractivity contribution in [2.75, 3.05) is 11.5 Å². The molecule has 0 radical (unpaired) electrons. The molecule has 2 aromatic rings. The number of amides is 1. The number of benzene rings is 1. The molecular formula is C16H21N5OS. The van der Waals surface area contributed by atoms with Gasteiger partial charge in [-0.1, -0.05) is 49.0 Å². The average Bonchev–Trinajstić information content (AvgIpc) is 2.52. The van der Waals surface area contributed by atoms with Gasteiger partial charge in [0, 0.05) is 6.07 Å². The van der Waals surface area contributed by atoms with Crippen molar-refractivity contribution in [3.63, 3.8) is 0 Å². The maximum atomic E-state index is 12.5. The Morgan fingerprint density at radius 3 is 2.39 bits per heavy atom. The van der Waals surface area contributed by atoms with Crippen molar-refractivity contribution >= 4 is 29.3 Å². The summed E-state index contributed by atoms with van der Waals surface area (Å²) in [5.74, 6) is 0.541. The summed E-state index contributed by atoms with van der Waals surface area (Å²) in [6.45, 7) is 3.90. The van der Waals surface area contributed by atoms with Gasteiger partial charge in [0.05, 0.1) is 11.3 Å². The highest BCUT2D eigenvalue weighted by Gasteiger charge is 2.21. The summed E-state index contributed by atoms with van der Waals surface area (Å²) in [4.78, 5) is 20.7. The van der Waals surface area contributed by atoms with E-state index in [-0.39, 0.29) is 17.2 Å². The number of nitrogens with one attached hydrogen (secondary N) is 1. The van der Waals surface area contributed by atoms with Crippen LogP contribution in [0.2, 0.25) is 0 Å². The highest BCUT2D eigenvalue weighted by molar-refractivity contribution is 8.00. The standard InChI is InChI=1S/C16H21N5OS/c1-3-12(23-16-20-13(17)9-14(18)21-16)15(22)19-10(2)11-7-5-4-6-8-11/h4-10,12H,3H2,1-2H3,(H,19,22)(H4,17,18,20,21). The number of hydrogen-bond acceptors (Lipinski definition) is 6. The maximum Gasteiger partial charge on any atom is 0.234 e. The van der Waals surface area contributed by atoms with Crippen molar-refractivity contribution < 1.29 is 4.79 Å². The molecule has 122 valence electrons. The molecule has 6 nitrogen and oxygen atoms in total. The quantitative estimate of drug-likeness (QED) is 0.554. The largest absolute Gasteiger partial charge is 0.383 e. The van der Waals surface area contributed by atoms with Gasteiger partial charge in [0.1, 0.15) is 11.6 Å². The Morgan fingerprint density at radius 2 is 1.83 bits per heavy atom. The predicted octanol–water partition coefficient (Wildman–Crippen LogP) is 2.39. The lowest BCUT2D eigenvalue weighted by molar-refractivity contribution is -0.121. The molecule has 1 aromatic carbocycles. The van der Waals surface area contributed by atoms with Crippen LogP contribution in [0.3, 0.4) is 0 Å². The lowest BCUT2D eigenvalue weighted by atomic mass is 10.1. The summed E-state index contributed by atoms with van der Waals surface area (Å²) in [5.41, 5.74) is 12.4. The number of anilines is 2. The number of carbonyl (C=O) groups excluding carboxylic acids is 1. The van der Waals surface area contributed by atoms with Crippen LogP contribution >= 0.6 is 11.8 Å². The summed E-state index contributed by atoms with van der Waals surface area (Å²) in [7, 11) is 0. The number of nitrogens with zero attached hydrogens (tertiary/aromatic N) is 2. The van der Waals surface area contributed by atoms with E-state index in [2.05, 4.69) is 15.3 Å². The van der Waals surface area contributed by atoms with E-state index in [0.717, 1.165) is 5.56 Å². The van der Waals surface area contributed by atoms with Gasteiger partial charge < -0.3 is 16.8 Å². The molecule has 0 aliphatic rings. The van der Waals surface area contributed by atoms with Crippen molar-refractivity contribution in [3.05, 3.63) is 42.0 Å². The van der Waals surface area contributed by atoms with Gasteiger partial charge in [-0.3, -0.25) is 4.79 Å². The monoisotopic (exact) mass is 331 g/mol. The number of carbonyl (C=O) groups is 1. The third-order valence-electron chi connectivity index (χ3n) is 3.31. The highest BCUT2D eigenvalue weighted by Crippen LogP contribution is 2.25. The first-order valence-electron chi connectivity index (χ1n) is 7.41. The molecule has 23 heavy (non-hydrogen) atoms. The van der Waals surface area contributed by atoms with Crippen LogP contribution in [-0.4, -0.2) is 21.1 Å². The third kappa shape index (κ3) is 4.85. The minimum absolute atomic E-state index is 0.0570. The number of hydrogen-bond donors (Lipinski definition) is 3. The molecule has 0 bridgehead atoms. The molecule has 2 atom stereocenters. The molecule has 7 heteroatoms. The summed E-state index contributed by atoms with van der Waals surface area (Å²) in [5, 5.41) is 3.13. The predicted molar refractivity (Wildman–Crippen MR) is 93.8 cm³/mol. The zero-order valence-corrected chi connectivity index (χ0v) is 14.0. The Labute approximate surface area is 140 Å². The molecular weight excluding hydrogens is 310 g/mol. The van der Waals surface area contributed by atoms with Crippen LogP contribution in [-0.2, 0) is 4.79 Å². The molecule has 1 amide bonds. The first-order chi connectivity index (χ1) is 11.0. The molecule has 0 saturated carbocycles. The Bertz CT molecular complexity index is 645. The first-order valence-corrected chi connectivity index (χ1v) is 8.29. The Hall–Kier alpha value is -2.28. The smallest absolute Gasteiger partial charge is 0.234 e. The summed E-state index contributed by atoms with van der Waals surface area (Å²) < 4.78 is 0. The summed E-state index contributed by atoms with van der Waals surface area (Å²) in [6.07, 6.45) is 0.649. The number of nitrogens with two attached hydrogens (primary N) is 2. The van der Waals surface area contributed by atoms with Crippen LogP contribution in [0.25, 0.3) is 0 Å². The van der Waals surface area contributed by atoms with E-state index in [4.69, 9.17) is 11.5 Å². The van der Waals surface area contributed by atoms with Gasteiger partial charge in [0.2, 0.25) is 5.91 Å². The van der Waals surface area contributed by atoms with Gasteiger partial charge >= 0.3 is 0 Å². The van der Waals surface area contributed by atoms with Crippen molar-refractivity contribution in [1.82, 2.24) is 15.3 Å². The molecule has 5 N–H and O–H groups in total. The first kappa shape index (κ1) is 17.1. The van der Waals surface area contributed by atoms with Gasteiger partial charge in [-0.05, 0) is 18.9 Å². The molecule has 1 aromatic heterocycles. The lowest BCUT2D eigenvalue weighted by Crippen LogP contribution is -2.34. The van der Waals surface area contributed by atoms with Crippen LogP contribution < -0.4 is 16.8 Å². The normalized spacial score (nSPS) is 13.3. The molecule has 0 aliphatic heterocycles. The average molecular weight is 331 g/mol. The fourth-order valence-corrected chi connectivity index (χ4v) is 3.01. The number of aromatic nitrogens is 2. The Kier molecular flexibility index (Phi) is 5.81. The molecule has 0 fully saturated rings. The van der Waals surface area contributed by atoms with E-state index in [9.17, 15) is 4.79 Å². The van der Waals surface area contributed by atoms with Crippen LogP contribution in [0.4, 0.5) is 11.6 Å². The molecule has 2 rings (SSSR count). The van der Waals surface area contributed by atoms with Crippen LogP contribution in [0, 0.1) is 0 Å². The van der Waals surface area contributed by atoms with Crippen molar-refractivity contribution in [1.29, 1.82) is 0 Å². The minimum Gasteiger partial charge on any atom is -0.383 e. The van der Waals surface area contributed by atoms with Gasteiger partial charge in [0.15, 0.2) is 5.16 Å². The molecule has 0 spiro atoms. The molecule has 0 aliphatic carbocycles. The highest BCUT2D eigenvalue weighted by atomic mass is 32.2. The summed E-state index contributed by atoms with van der Waals surface area (Å²) >= 11 is 1.27. The zero-order valence-electron chi connectivity index (χ0n) is 13.2. The molecule has 0 saturated heterocycles. The number of rotatable bonds is 6. The van der Waals surface area contributed by atoms with Crippen LogP contribution in [0.1, 0.15) is 31.9 Å². The van der Waals surface area contributed by atoms with E-state index in [1.807, 2.05) is 44.2 Å². The second-order valence-corrected chi connectivity index (χ2v) is 6.33. The molecule has 2 unspecified atom stereocenters. The van der Waals surface area contributed by atoms with Gasteiger partial charge in [0.25, 0.3) is 0 Å². The fraction of sp³-hybridized carbons (Fsp3) is 0.312. The Balaban J connectivity index is 2.03. The molecule has 1 heterocycles. The number of nitrogen functional groups attached to an aromatic ring is 2. The van der Waals surface area contributed by atoms with Gasteiger partial charge in [-0.15, -0.1) is 0 Å². The lowest BCUT2D eigenvalue weighted by Gasteiger charge is -2.19. The maximum absolute atomic E-state index is 12.5. The Morgan fingerprint density at radius 1 is 1.22 bits per heavy atom. The third-order valence-corrected chi connectivity index (χ3v) is 4.54. The van der Waals surface area contributed by atoms with Crippen molar-refractivity contribution in [2.24, 2.45) is 0 Å². The van der Waals surface area contributed by atoms with E-state index in [1.165, 1.54) is 17.8 Å². The zero-order chi connectivity index (χ0) is 16.8. The van der Waals surface area contributed by atoms with E-state index >= 15 is 0 Å². The second kappa shape index (κ2) is 7.82. The van der Waals surface area contributed by atoms with Crippen molar-refractivity contribution in [2.45, 2.75) is 36.7 Å². The fourth-order valence-electron chi connectivity index (χ4n) is 2.10.